The fraction of sp³-hybridized carbons (Fsp3) is 0.200. The topological polar surface area (TPSA) is 19.9 Å². The van der Waals surface area contributed by atoms with Crippen molar-refractivity contribution in [2.45, 2.75) is 13.3 Å². The second-order valence-corrected chi connectivity index (χ2v) is 2.56. The first-order chi connectivity index (χ1) is 5.25. The Labute approximate surface area is 67.0 Å². The highest BCUT2D eigenvalue weighted by Crippen LogP contribution is 2.22. The molecule has 0 N–H and O–H groups in total. The number of rotatable bonds is 2. The van der Waals surface area contributed by atoms with E-state index in [9.17, 15) is 5.11 Å². The van der Waals surface area contributed by atoms with Crippen molar-refractivity contribution in [2.75, 3.05) is 0 Å². The molecule has 1 rings (SSSR count). The zero-order valence-corrected chi connectivity index (χ0v) is 6.63. The molecule has 1 nitrogen and oxygen atoms in total. The molecule has 0 unspecified atom stereocenters. The molecule has 0 atom stereocenters. The molecular weight excluding hydrogens is 136 g/mol. The van der Waals surface area contributed by atoms with Crippen LogP contribution in [0.4, 0.5) is 0 Å². The van der Waals surface area contributed by atoms with Crippen molar-refractivity contribution >= 4 is 0 Å². The normalized spacial score (nSPS) is 9.55. The lowest BCUT2D eigenvalue weighted by molar-refractivity contribution is 0.347. The van der Waals surface area contributed by atoms with Gasteiger partial charge in [0.25, 0.3) is 0 Å². The quantitative estimate of drug-likeness (QED) is 0.573. The average Bonchev–Trinajstić information content (AvgIpc) is 1.99. The van der Waals surface area contributed by atoms with Crippen LogP contribution in [0.5, 0.6) is 5.75 Å². The van der Waals surface area contributed by atoms with Gasteiger partial charge in [0.15, 0.2) is 5.75 Å². The van der Waals surface area contributed by atoms with E-state index in [1.165, 1.54) is 0 Å². The summed E-state index contributed by atoms with van der Waals surface area (Å²) in [5.74, 6) is 0.146. The van der Waals surface area contributed by atoms with Gasteiger partial charge in [0.1, 0.15) is 0 Å². The first kappa shape index (κ1) is 7.86. The van der Waals surface area contributed by atoms with Crippen LogP contribution >= 0.6 is 0 Å². The van der Waals surface area contributed by atoms with Crippen LogP contribution in [0.15, 0.2) is 30.9 Å². The van der Waals surface area contributed by atoms with Crippen molar-refractivity contribution in [3.63, 3.8) is 0 Å². The molecule has 0 aromatic heterocycles. The number of allylic oxidation sites excluding steroid dienone is 1. The zero-order chi connectivity index (χ0) is 8.27. The molecule has 1 aromatic carbocycles. The van der Waals surface area contributed by atoms with E-state index in [0.29, 0.717) is 6.42 Å². The number of hydrogen-bond acceptors (Lipinski definition) is 0. The predicted molar refractivity (Wildman–Crippen MR) is 45.2 cm³/mol. The third-order valence-electron chi connectivity index (χ3n) is 1.66. The third kappa shape index (κ3) is 1.61. The lowest BCUT2D eigenvalue weighted by Crippen LogP contribution is -1.82. The molecule has 0 aliphatic heterocycles. The van der Waals surface area contributed by atoms with Crippen LogP contribution in [0.1, 0.15) is 11.1 Å². The molecule has 1 aromatic rings. The standard InChI is InChI=1S/C10H11O/c1-3-5-9-7-4-6-8(2)10(9)11/h3-4,6-7H,1,5H2,2H3. The van der Waals surface area contributed by atoms with Gasteiger partial charge < -0.3 is 0 Å². The van der Waals surface area contributed by atoms with Crippen LogP contribution in [0.25, 0.3) is 0 Å². The summed E-state index contributed by atoms with van der Waals surface area (Å²) in [6, 6.07) is 5.57. The van der Waals surface area contributed by atoms with Crippen molar-refractivity contribution < 1.29 is 5.11 Å². The Morgan fingerprint density at radius 1 is 1.55 bits per heavy atom. The third-order valence-corrected chi connectivity index (χ3v) is 1.66. The van der Waals surface area contributed by atoms with Gasteiger partial charge in [0, 0.05) is 5.56 Å². The highest BCUT2D eigenvalue weighted by molar-refractivity contribution is 5.39. The maximum Gasteiger partial charge on any atom is 0.185 e. The van der Waals surface area contributed by atoms with Crippen molar-refractivity contribution in [2.24, 2.45) is 0 Å². The highest BCUT2D eigenvalue weighted by Gasteiger charge is 2.02. The SMILES string of the molecule is C=CCc1cccc(C)c1[O]. The fourth-order valence-corrected chi connectivity index (χ4v) is 1.03. The van der Waals surface area contributed by atoms with Gasteiger partial charge in [-0.1, -0.05) is 24.3 Å². The van der Waals surface area contributed by atoms with Crippen molar-refractivity contribution in [3.8, 4) is 5.75 Å². The Kier molecular flexibility index (Phi) is 2.32. The molecule has 0 fully saturated rings. The summed E-state index contributed by atoms with van der Waals surface area (Å²) >= 11 is 0. The monoisotopic (exact) mass is 147 g/mol. The molecule has 57 valence electrons. The van der Waals surface area contributed by atoms with Crippen LogP contribution in [-0.2, 0) is 11.5 Å². The first-order valence-electron chi connectivity index (χ1n) is 3.62. The van der Waals surface area contributed by atoms with Gasteiger partial charge in [-0.2, -0.15) is 0 Å². The van der Waals surface area contributed by atoms with E-state index in [4.69, 9.17) is 0 Å². The molecule has 0 amide bonds. The van der Waals surface area contributed by atoms with Crippen molar-refractivity contribution in [1.29, 1.82) is 0 Å². The number of aryl methyl sites for hydroxylation is 1. The Morgan fingerprint density at radius 2 is 2.27 bits per heavy atom. The van der Waals surface area contributed by atoms with E-state index < -0.39 is 0 Å². The summed E-state index contributed by atoms with van der Waals surface area (Å²) in [6.45, 7) is 5.42. The largest absolute Gasteiger partial charge is 0.289 e. The van der Waals surface area contributed by atoms with Crippen LogP contribution in [0, 0.1) is 6.92 Å². The van der Waals surface area contributed by atoms with Crippen LogP contribution in [-0.4, -0.2) is 0 Å². The van der Waals surface area contributed by atoms with Gasteiger partial charge in [0.05, 0.1) is 0 Å². The van der Waals surface area contributed by atoms with Crippen LogP contribution < -0.4 is 0 Å². The lowest BCUT2D eigenvalue weighted by Gasteiger charge is -1.99. The second kappa shape index (κ2) is 3.24. The molecule has 1 radical (unpaired) electrons. The van der Waals surface area contributed by atoms with Crippen LogP contribution in [0.2, 0.25) is 0 Å². The fourth-order valence-electron chi connectivity index (χ4n) is 1.03. The summed E-state index contributed by atoms with van der Waals surface area (Å²) < 4.78 is 0. The number of benzene rings is 1. The van der Waals surface area contributed by atoms with E-state index in [-0.39, 0.29) is 5.75 Å². The summed E-state index contributed by atoms with van der Waals surface area (Å²) in [5.41, 5.74) is 1.64. The predicted octanol–water partition coefficient (Wildman–Crippen LogP) is 2.87. The Hall–Kier alpha value is -1.24. The Bertz CT molecular complexity index is 264. The average molecular weight is 147 g/mol. The van der Waals surface area contributed by atoms with E-state index in [0.717, 1.165) is 11.1 Å². The van der Waals surface area contributed by atoms with Crippen LogP contribution in [0.3, 0.4) is 0 Å². The summed E-state index contributed by atoms with van der Waals surface area (Å²) in [5, 5.41) is 11.3. The zero-order valence-electron chi connectivity index (χ0n) is 6.63. The van der Waals surface area contributed by atoms with E-state index in [1.807, 2.05) is 25.1 Å². The number of hydrogen-bond donors (Lipinski definition) is 0. The van der Waals surface area contributed by atoms with E-state index >= 15 is 0 Å². The maximum absolute atomic E-state index is 11.3. The molecule has 0 heterocycles. The Morgan fingerprint density at radius 3 is 2.91 bits per heavy atom. The smallest absolute Gasteiger partial charge is 0.185 e. The van der Waals surface area contributed by atoms with Gasteiger partial charge in [-0.15, -0.1) is 6.58 Å². The van der Waals surface area contributed by atoms with Gasteiger partial charge in [-0.3, -0.25) is 5.11 Å². The summed E-state index contributed by atoms with van der Waals surface area (Å²) in [7, 11) is 0. The minimum absolute atomic E-state index is 0.146. The number of para-hydroxylation sites is 1. The maximum atomic E-state index is 11.3. The molecule has 0 bridgehead atoms. The van der Waals surface area contributed by atoms with Gasteiger partial charge in [-0.05, 0) is 18.9 Å². The first-order valence-corrected chi connectivity index (χ1v) is 3.62. The minimum Gasteiger partial charge on any atom is -0.289 e. The molecule has 0 aliphatic carbocycles. The van der Waals surface area contributed by atoms with Gasteiger partial charge in [0.2, 0.25) is 0 Å². The van der Waals surface area contributed by atoms with Crippen molar-refractivity contribution in [3.05, 3.63) is 42.0 Å². The molecule has 11 heavy (non-hydrogen) atoms. The molecular formula is C10H11O. The van der Waals surface area contributed by atoms with E-state index in [2.05, 4.69) is 6.58 Å². The molecule has 0 saturated carbocycles. The van der Waals surface area contributed by atoms with Gasteiger partial charge in [-0.25, -0.2) is 0 Å². The summed E-state index contributed by atoms with van der Waals surface area (Å²) in [6.07, 6.45) is 2.41. The molecule has 0 spiro atoms. The second-order valence-electron chi connectivity index (χ2n) is 2.56. The minimum atomic E-state index is 0.146. The molecule has 0 saturated heterocycles. The van der Waals surface area contributed by atoms with Crippen molar-refractivity contribution in [1.82, 2.24) is 0 Å². The molecule has 1 heteroatoms. The molecule has 0 aliphatic rings. The Balaban J connectivity index is 3.05. The van der Waals surface area contributed by atoms with Gasteiger partial charge >= 0.3 is 0 Å². The summed E-state index contributed by atoms with van der Waals surface area (Å²) in [4.78, 5) is 0. The highest BCUT2D eigenvalue weighted by atomic mass is 16.3. The lowest BCUT2D eigenvalue weighted by atomic mass is 10.1. The van der Waals surface area contributed by atoms with E-state index in [1.54, 1.807) is 6.08 Å².